The van der Waals surface area contributed by atoms with Crippen LogP contribution in [0.4, 0.5) is 0 Å². The average Bonchev–Trinajstić information content (AvgIpc) is 2.49. The van der Waals surface area contributed by atoms with Crippen molar-refractivity contribution in [3.05, 3.63) is 71.3 Å². The van der Waals surface area contributed by atoms with Crippen LogP contribution < -0.4 is 5.32 Å². The van der Waals surface area contributed by atoms with Gasteiger partial charge >= 0.3 is 0 Å². The van der Waals surface area contributed by atoms with E-state index in [1.807, 2.05) is 0 Å². The minimum Gasteiger partial charge on any atom is -0.317 e. The first kappa shape index (κ1) is 14.8. The summed E-state index contributed by atoms with van der Waals surface area (Å²) in [6.45, 7) is 2.14. The number of likely N-dealkylation sites (N-methyl/N-ethyl adjacent to an activating group) is 1. The maximum Gasteiger partial charge on any atom is 0.0105 e. The summed E-state index contributed by atoms with van der Waals surface area (Å²) in [6.07, 6.45) is 4.75. The minimum atomic E-state index is 0.571. The van der Waals surface area contributed by atoms with Gasteiger partial charge in [-0.05, 0) is 50.8 Å². The van der Waals surface area contributed by atoms with Gasteiger partial charge in [-0.25, -0.2) is 0 Å². The molecule has 0 radical (unpaired) electrons. The first-order valence-corrected chi connectivity index (χ1v) is 7.54. The van der Waals surface area contributed by atoms with Gasteiger partial charge in [0.2, 0.25) is 0 Å². The van der Waals surface area contributed by atoms with Gasteiger partial charge in [0.1, 0.15) is 0 Å². The maximum atomic E-state index is 3.45. The van der Waals surface area contributed by atoms with Gasteiger partial charge in [-0.15, -0.1) is 0 Å². The summed E-state index contributed by atoms with van der Waals surface area (Å²) < 4.78 is 0. The van der Waals surface area contributed by atoms with Crippen LogP contribution in [0.1, 0.15) is 29.5 Å². The minimum absolute atomic E-state index is 0.571. The van der Waals surface area contributed by atoms with Crippen molar-refractivity contribution in [2.45, 2.75) is 38.6 Å². The van der Waals surface area contributed by atoms with Crippen LogP contribution in [0.15, 0.2) is 54.6 Å². The molecule has 0 fully saturated rings. The van der Waals surface area contributed by atoms with Crippen LogP contribution in [0.2, 0.25) is 0 Å². The Kier molecular flexibility index (Phi) is 5.82. The Balaban J connectivity index is 1.79. The summed E-state index contributed by atoms with van der Waals surface area (Å²) >= 11 is 0. The molecule has 0 aliphatic carbocycles. The molecular formula is C19H25N. The summed E-state index contributed by atoms with van der Waals surface area (Å²) in [7, 11) is 2.07. The number of aryl methyl sites for hydroxylation is 2. The molecule has 1 N–H and O–H groups in total. The third kappa shape index (κ3) is 4.82. The number of rotatable bonds is 7. The van der Waals surface area contributed by atoms with Crippen molar-refractivity contribution < 1.29 is 0 Å². The topological polar surface area (TPSA) is 12.0 Å². The summed E-state index contributed by atoms with van der Waals surface area (Å²) in [5.74, 6) is 0. The Morgan fingerprint density at radius 1 is 0.900 bits per heavy atom. The van der Waals surface area contributed by atoms with Crippen LogP contribution in [0.25, 0.3) is 0 Å². The molecule has 0 amide bonds. The van der Waals surface area contributed by atoms with E-state index in [9.17, 15) is 0 Å². The molecule has 0 spiro atoms. The zero-order valence-electron chi connectivity index (χ0n) is 12.6. The molecule has 0 aliphatic heterocycles. The molecule has 0 aromatic heterocycles. The average molecular weight is 267 g/mol. The van der Waals surface area contributed by atoms with E-state index < -0.39 is 0 Å². The highest BCUT2D eigenvalue weighted by atomic mass is 14.9. The SMILES string of the molecule is CNC(CCCc1ccccc1)Cc1ccc(C)cc1. The van der Waals surface area contributed by atoms with Crippen molar-refractivity contribution in [1.29, 1.82) is 0 Å². The molecule has 2 aromatic carbocycles. The van der Waals surface area contributed by atoms with Gasteiger partial charge in [0.25, 0.3) is 0 Å². The molecule has 2 rings (SSSR count). The second-order valence-corrected chi connectivity index (χ2v) is 5.55. The third-order valence-corrected chi connectivity index (χ3v) is 3.87. The summed E-state index contributed by atoms with van der Waals surface area (Å²) in [5.41, 5.74) is 4.20. The van der Waals surface area contributed by atoms with Gasteiger partial charge in [0.15, 0.2) is 0 Å². The van der Waals surface area contributed by atoms with E-state index in [1.54, 1.807) is 0 Å². The van der Waals surface area contributed by atoms with Crippen LogP contribution in [-0.2, 0) is 12.8 Å². The molecule has 1 atom stereocenters. The second kappa shape index (κ2) is 7.86. The standard InChI is InChI=1S/C19H25N/c1-16-11-13-18(14-12-16)15-19(20-2)10-6-9-17-7-4-3-5-8-17/h3-5,7-8,11-14,19-20H,6,9-10,15H2,1-2H3. The lowest BCUT2D eigenvalue weighted by Crippen LogP contribution is -2.27. The lowest BCUT2D eigenvalue weighted by molar-refractivity contribution is 0.502. The lowest BCUT2D eigenvalue weighted by Gasteiger charge is -2.16. The van der Waals surface area contributed by atoms with E-state index in [4.69, 9.17) is 0 Å². The summed E-state index contributed by atoms with van der Waals surface area (Å²) in [4.78, 5) is 0. The number of benzene rings is 2. The number of hydrogen-bond acceptors (Lipinski definition) is 1. The van der Waals surface area contributed by atoms with E-state index in [2.05, 4.69) is 73.9 Å². The Hall–Kier alpha value is -1.60. The Morgan fingerprint density at radius 2 is 1.60 bits per heavy atom. The van der Waals surface area contributed by atoms with Crippen molar-refractivity contribution in [2.24, 2.45) is 0 Å². The molecule has 106 valence electrons. The molecule has 1 heteroatoms. The van der Waals surface area contributed by atoms with Crippen molar-refractivity contribution in [3.63, 3.8) is 0 Å². The van der Waals surface area contributed by atoms with Crippen LogP contribution in [0, 0.1) is 6.92 Å². The van der Waals surface area contributed by atoms with Gasteiger partial charge in [-0.3, -0.25) is 0 Å². The van der Waals surface area contributed by atoms with Gasteiger partial charge in [-0.2, -0.15) is 0 Å². The second-order valence-electron chi connectivity index (χ2n) is 5.55. The maximum absolute atomic E-state index is 3.45. The van der Waals surface area contributed by atoms with Gasteiger partial charge < -0.3 is 5.32 Å². The molecule has 0 saturated carbocycles. The van der Waals surface area contributed by atoms with Gasteiger partial charge in [0, 0.05) is 6.04 Å². The summed E-state index contributed by atoms with van der Waals surface area (Å²) in [5, 5.41) is 3.45. The molecule has 0 saturated heterocycles. The van der Waals surface area contributed by atoms with Crippen LogP contribution in [0.3, 0.4) is 0 Å². The fourth-order valence-corrected chi connectivity index (χ4v) is 2.55. The van der Waals surface area contributed by atoms with Gasteiger partial charge in [-0.1, -0.05) is 60.2 Å². The molecule has 2 aromatic rings. The fourth-order valence-electron chi connectivity index (χ4n) is 2.55. The van der Waals surface area contributed by atoms with Crippen LogP contribution >= 0.6 is 0 Å². The number of hydrogen-bond donors (Lipinski definition) is 1. The normalized spacial score (nSPS) is 12.3. The zero-order chi connectivity index (χ0) is 14.2. The fraction of sp³-hybridized carbons (Fsp3) is 0.368. The predicted molar refractivity (Wildman–Crippen MR) is 87.1 cm³/mol. The Labute approximate surface area is 123 Å². The van der Waals surface area contributed by atoms with E-state index in [1.165, 1.54) is 36.0 Å². The van der Waals surface area contributed by atoms with Crippen molar-refractivity contribution >= 4 is 0 Å². The predicted octanol–water partition coefficient (Wildman–Crippen LogP) is 4.15. The molecule has 0 bridgehead atoms. The molecule has 1 unspecified atom stereocenters. The summed E-state index contributed by atoms with van der Waals surface area (Å²) in [6, 6.07) is 20.2. The van der Waals surface area contributed by atoms with E-state index >= 15 is 0 Å². The van der Waals surface area contributed by atoms with Gasteiger partial charge in [0.05, 0.1) is 0 Å². The first-order chi connectivity index (χ1) is 9.78. The monoisotopic (exact) mass is 267 g/mol. The highest BCUT2D eigenvalue weighted by Crippen LogP contribution is 2.11. The third-order valence-electron chi connectivity index (χ3n) is 3.87. The Bertz CT molecular complexity index is 487. The first-order valence-electron chi connectivity index (χ1n) is 7.54. The largest absolute Gasteiger partial charge is 0.317 e. The molecule has 20 heavy (non-hydrogen) atoms. The van der Waals surface area contributed by atoms with E-state index in [0.717, 1.165) is 6.42 Å². The number of nitrogens with one attached hydrogen (secondary N) is 1. The molecule has 0 aliphatic rings. The zero-order valence-corrected chi connectivity index (χ0v) is 12.6. The highest BCUT2D eigenvalue weighted by Gasteiger charge is 2.07. The van der Waals surface area contributed by atoms with E-state index in [-0.39, 0.29) is 0 Å². The molecule has 1 nitrogen and oxygen atoms in total. The molecular weight excluding hydrogens is 242 g/mol. The quantitative estimate of drug-likeness (QED) is 0.794. The van der Waals surface area contributed by atoms with E-state index in [0.29, 0.717) is 6.04 Å². The van der Waals surface area contributed by atoms with Crippen molar-refractivity contribution in [2.75, 3.05) is 7.05 Å². The van der Waals surface area contributed by atoms with Crippen LogP contribution in [0.5, 0.6) is 0 Å². The lowest BCUT2D eigenvalue weighted by atomic mass is 9.99. The van der Waals surface area contributed by atoms with Crippen molar-refractivity contribution in [3.8, 4) is 0 Å². The Morgan fingerprint density at radius 3 is 2.25 bits per heavy atom. The smallest absolute Gasteiger partial charge is 0.0105 e. The van der Waals surface area contributed by atoms with Crippen LogP contribution in [-0.4, -0.2) is 13.1 Å². The van der Waals surface area contributed by atoms with Crippen molar-refractivity contribution in [1.82, 2.24) is 5.32 Å². The molecule has 0 heterocycles. The highest BCUT2D eigenvalue weighted by molar-refractivity contribution is 5.22.